The van der Waals surface area contributed by atoms with Gasteiger partial charge in [0.2, 0.25) is 0 Å². The highest BCUT2D eigenvalue weighted by Crippen LogP contribution is 2.39. The molecule has 0 saturated carbocycles. The summed E-state index contributed by atoms with van der Waals surface area (Å²) in [6.07, 6.45) is 0. The van der Waals surface area contributed by atoms with E-state index in [9.17, 15) is 35.5 Å². The molecule has 4 N–H and O–H groups in total. The smallest absolute Gasteiger partial charge is 0.295 e. The molecule has 0 amide bonds. The van der Waals surface area contributed by atoms with Crippen molar-refractivity contribution in [3.05, 3.63) is 104 Å². The molecule has 0 radical (unpaired) electrons. The fourth-order valence-electron chi connectivity index (χ4n) is 4.30. The van der Waals surface area contributed by atoms with Gasteiger partial charge < -0.3 is 10.6 Å². The first-order valence-electron chi connectivity index (χ1n) is 11.2. The van der Waals surface area contributed by atoms with E-state index in [0.29, 0.717) is 0 Å². The minimum Gasteiger partial charge on any atom is -0.355 e. The summed E-state index contributed by atoms with van der Waals surface area (Å²) in [4.78, 5) is 26.6. The Labute approximate surface area is 245 Å². The summed E-state index contributed by atoms with van der Waals surface area (Å²) in [6.45, 7) is 0. The molecule has 0 atom stereocenters. The summed E-state index contributed by atoms with van der Waals surface area (Å²) in [5, 5.41) is 5.93. The number of hydrogen-bond acceptors (Lipinski definition) is 8. The van der Waals surface area contributed by atoms with Gasteiger partial charge in [0.1, 0.15) is 9.79 Å². The van der Waals surface area contributed by atoms with Crippen LogP contribution in [0.15, 0.2) is 91.5 Å². The van der Waals surface area contributed by atoms with E-state index in [0.717, 1.165) is 0 Å². The first-order valence-corrected chi connectivity index (χ1v) is 15.7. The molecular formula is C26H16Br2N2O8S2. The van der Waals surface area contributed by atoms with Crippen molar-refractivity contribution in [2.24, 2.45) is 0 Å². The van der Waals surface area contributed by atoms with Crippen LogP contribution in [0.2, 0.25) is 0 Å². The van der Waals surface area contributed by atoms with Crippen molar-refractivity contribution < 1.29 is 35.5 Å². The second kappa shape index (κ2) is 10.2. The van der Waals surface area contributed by atoms with Crippen LogP contribution >= 0.6 is 31.9 Å². The summed E-state index contributed by atoms with van der Waals surface area (Å²) < 4.78 is 66.5. The van der Waals surface area contributed by atoms with Crippen molar-refractivity contribution in [3.8, 4) is 0 Å². The lowest BCUT2D eigenvalue weighted by Gasteiger charge is -2.24. The number of rotatable bonds is 6. The van der Waals surface area contributed by atoms with Crippen LogP contribution in [0.5, 0.6) is 0 Å². The van der Waals surface area contributed by atoms with Crippen molar-refractivity contribution in [1.29, 1.82) is 0 Å². The van der Waals surface area contributed by atoms with Gasteiger partial charge in [-0.05, 0) is 80.4 Å². The highest BCUT2D eigenvalue weighted by molar-refractivity contribution is 9.10. The fraction of sp³-hybridized carbons (Fsp3) is 0. The van der Waals surface area contributed by atoms with Gasteiger partial charge >= 0.3 is 0 Å². The van der Waals surface area contributed by atoms with Crippen molar-refractivity contribution >= 4 is 86.4 Å². The van der Waals surface area contributed by atoms with Crippen LogP contribution in [0.1, 0.15) is 31.8 Å². The average Bonchev–Trinajstić information content (AvgIpc) is 2.88. The summed E-state index contributed by atoms with van der Waals surface area (Å²) in [5.41, 5.74) is 1.14. The van der Waals surface area contributed by atoms with Gasteiger partial charge in [0.05, 0.1) is 22.5 Å². The van der Waals surface area contributed by atoms with Crippen LogP contribution in [-0.4, -0.2) is 37.5 Å². The normalized spacial score (nSPS) is 13.0. The molecule has 5 rings (SSSR count). The maximum Gasteiger partial charge on any atom is 0.295 e. The SMILES string of the molecule is O=C1c2ccccc2C(=O)c2c(Nc3ccc(Br)c(S(=O)(=O)O)c3)ccc(Nc3ccc(Br)c(S(=O)(=O)O)c3)c21. The number of carbonyl (C=O) groups is 2. The van der Waals surface area contributed by atoms with Crippen molar-refractivity contribution in [3.63, 3.8) is 0 Å². The van der Waals surface area contributed by atoms with Gasteiger partial charge in [-0.2, -0.15) is 16.8 Å². The Balaban J connectivity index is 1.67. The highest BCUT2D eigenvalue weighted by atomic mass is 79.9. The molecule has 14 heteroatoms. The van der Waals surface area contributed by atoms with Crippen LogP contribution in [0.4, 0.5) is 22.7 Å². The zero-order valence-electron chi connectivity index (χ0n) is 19.8. The lowest BCUT2D eigenvalue weighted by molar-refractivity contribution is 0.0980. The van der Waals surface area contributed by atoms with Crippen LogP contribution in [0.25, 0.3) is 0 Å². The third kappa shape index (κ3) is 5.21. The van der Waals surface area contributed by atoms with Gasteiger partial charge in [0.25, 0.3) is 20.2 Å². The molecule has 0 aliphatic heterocycles. The lowest BCUT2D eigenvalue weighted by Crippen LogP contribution is -2.23. The number of fused-ring (bicyclic) bond motifs is 2. The molecule has 4 aromatic carbocycles. The number of halogens is 2. The van der Waals surface area contributed by atoms with Gasteiger partial charge in [0.15, 0.2) is 11.6 Å². The van der Waals surface area contributed by atoms with E-state index in [1.54, 1.807) is 12.1 Å². The second-order valence-corrected chi connectivity index (χ2v) is 13.1. The monoisotopic (exact) mass is 706 g/mol. The lowest BCUT2D eigenvalue weighted by atomic mass is 9.82. The Morgan fingerprint density at radius 3 is 1.30 bits per heavy atom. The number of carbonyl (C=O) groups excluding carboxylic acids is 2. The van der Waals surface area contributed by atoms with Crippen LogP contribution < -0.4 is 10.6 Å². The average molecular weight is 708 g/mol. The van der Waals surface area contributed by atoms with E-state index >= 15 is 0 Å². The van der Waals surface area contributed by atoms with E-state index in [-0.39, 0.29) is 53.9 Å². The van der Waals surface area contributed by atoms with Gasteiger partial charge in [0, 0.05) is 31.4 Å². The highest BCUT2D eigenvalue weighted by Gasteiger charge is 2.34. The minimum absolute atomic E-state index is 0.00265. The van der Waals surface area contributed by atoms with Gasteiger partial charge in [-0.15, -0.1) is 0 Å². The number of hydrogen-bond donors (Lipinski definition) is 4. The summed E-state index contributed by atoms with van der Waals surface area (Å²) >= 11 is 6.16. The van der Waals surface area contributed by atoms with Crippen LogP contribution in [-0.2, 0) is 20.2 Å². The quantitative estimate of drug-likeness (QED) is 0.155. The number of benzene rings is 4. The number of ketones is 2. The molecule has 1 aliphatic carbocycles. The summed E-state index contributed by atoms with van der Waals surface area (Å²) in [5.74, 6) is -0.948. The largest absolute Gasteiger partial charge is 0.355 e. The molecule has 0 spiro atoms. The maximum atomic E-state index is 13.7. The van der Waals surface area contributed by atoms with Crippen LogP contribution in [0, 0.1) is 0 Å². The Kier molecular flexibility index (Phi) is 7.18. The molecule has 0 bridgehead atoms. The first kappa shape index (κ1) is 28.1. The molecule has 0 fully saturated rings. The van der Waals surface area contributed by atoms with Gasteiger partial charge in [-0.1, -0.05) is 24.3 Å². The minimum atomic E-state index is -4.57. The molecule has 0 aromatic heterocycles. The van der Waals surface area contributed by atoms with Gasteiger partial charge in [-0.25, -0.2) is 0 Å². The number of nitrogens with one attached hydrogen (secondary N) is 2. The molecule has 10 nitrogen and oxygen atoms in total. The van der Waals surface area contributed by atoms with E-state index in [4.69, 9.17) is 0 Å². The molecular weight excluding hydrogens is 692 g/mol. The first-order chi connectivity index (χ1) is 18.8. The summed E-state index contributed by atoms with van der Waals surface area (Å²) in [6, 6.07) is 17.4. The topological polar surface area (TPSA) is 167 Å². The number of anilines is 4. The molecule has 204 valence electrons. The fourth-order valence-corrected chi connectivity index (χ4v) is 7.20. The maximum absolute atomic E-state index is 13.7. The van der Waals surface area contributed by atoms with E-state index in [2.05, 4.69) is 42.5 Å². The molecule has 4 aromatic rings. The Morgan fingerprint density at radius 1 is 0.575 bits per heavy atom. The van der Waals surface area contributed by atoms with Crippen molar-refractivity contribution in [2.45, 2.75) is 9.79 Å². The second-order valence-electron chi connectivity index (χ2n) is 8.61. The molecule has 0 saturated heterocycles. The van der Waals surface area contributed by atoms with E-state index in [1.165, 1.54) is 60.7 Å². The molecule has 0 unspecified atom stereocenters. The predicted molar refractivity (Wildman–Crippen MR) is 154 cm³/mol. The zero-order chi connectivity index (χ0) is 29.0. The third-order valence-electron chi connectivity index (χ3n) is 6.05. The Morgan fingerprint density at radius 2 is 0.950 bits per heavy atom. The molecule has 0 heterocycles. The van der Waals surface area contributed by atoms with E-state index < -0.39 is 41.6 Å². The van der Waals surface area contributed by atoms with Gasteiger partial charge in [-0.3, -0.25) is 18.7 Å². The predicted octanol–water partition coefficient (Wildman–Crippen LogP) is 5.97. The Hall–Kier alpha value is -3.40. The van der Waals surface area contributed by atoms with Crippen LogP contribution in [0.3, 0.4) is 0 Å². The van der Waals surface area contributed by atoms with Crippen molar-refractivity contribution in [1.82, 2.24) is 0 Å². The standard InChI is InChI=1S/C26H16Br2N2O8S2/c27-17-7-5-13(11-21(17)39(33,34)35)29-19-9-10-20(30-14-6-8-18(28)22(12-14)40(36,37)38)24-23(19)25(31)15-3-1-2-4-16(15)26(24)32/h1-12,29-30H,(H,33,34,35)(H,36,37,38). The molecule has 40 heavy (non-hydrogen) atoms. The summed E-state index contributed by atoms with van der Waals surface area (Å²) in [7, 11) is -9.13. The zero-order valence-corrected chi connectivity index (χ0v) is 24.6. The molecule has 1 aliphatic rings. The van der Waals surface area contributed by atoms with Crippen molar-refractivity contribution in [2.75, 3.05) is 10.6 Å². The van der Waals surface area contributed by atoms with E-state index in [1.807, 2.05) is 0 Å². The Bertz CT molecular complexity index is 1840. The third-order valence-corrected chi connectivity index (χ3v) is 9.75.